The van der Waals surface area contributed by atoms with Crippen molar-refractivity contribution in [2.45, 2.75) is 90.5 Å². The smallest absolute Gasteiger partial charge is 0.410 e. The van der Waals surface area contributed by atoms with Crippen LogP contribution in [0.4, 0.5) is 15.3 Å². The highest BCUT2D eigenvalue weighted by Gasteiger charge is 2.36. The summed E-state index contributed by atoms with van der Waals surface area (Å²) in [5.41, 5.74) is 9.79. The molecule has 2 amide bonds. The third kappa shape index (κ3) is 6.83. The van der Waals surface area contributed by atoms with Crippen molar-refractivity contribution < 1.29 is 24.2 Å². The molecule has 5 N–H and O–H groups in total. The quantitative estimate of drug-likeness (QED) is 0.126. The number of benzene rings is 2. The summed E-state index contributed by atoms with van der Waals surface area (Å²) in [6.07, 6.45) is 6.19. The average Bonchev–Trinajstić information content (AvgIpc) is 3.82. The van der Waals surface area contributed by atoms with Gasteiger partial charge in [0.1, 0.15) is 28.6 Å². The summed E-state index contributed by atoms with van der Waals surface area (Å²) in [5.74, 6) is 1.31. The first-order valence-electron chi connectivity index (χ1n) is 16.5. The summed E-state index contributed by atoms with van der Waals surface area (Å²) >= 11 is 0. The molecule has 2 atom stereocenters. The number of hydrogen-bond donors (Lipinski definition) is 4. The van der Waals surface area contributed by atoms with Crippen molar-refractivity contribution in [3.05, 3.63) is 60.4 Å². The summed E-state index contributed by atoms with van der Waals surface area (Å²) < 4.78 is 11.2. The van der Waals surface area contributed by atoms with Crippen molar-refractivity contribution in [2.75, 3.05) is 18.8 Å². The van der Waals surface area contributed by atoms with E-state index < -0.39 is 11.2 Å². The number of carbonyl (C=O) groups is 2. The predicted octanol–water partition coefficient (Wildman–Crippen LogP) is 7.57. The molecule has 0 aliphatic carbocycles. The van der Waals surface area contributed by atoms with Gasteiger partial charge >= 0.3 is 12.2 Å². The number of nitrogen functional groups attached to an aromatic ring is 1. The highest BCUT2D eigenvalue weighted by molar-refractivity contribution is 5.87. The van der Waals surface area contributed by atoms with Crippen LogP contribution >= 0.6 is 0 Å². The summed E-state index contributed by atoms with van der Waals surface area (Å²) in [4.78, 5) is 45.1. The molecule has 6 rings (SSSR count). The number of likely N-dealkylation sites (tertiary alicyclic amines) is 2. The lowest BCUT2D eigenvalue weighted by Gasteiger charge is -2.27. The number of H-pyrrole nitrogens is 2. The predicted molar refractivity (Wildman–Crippen MR) is 183 cm³/mol. The molecule has 0 unspecified atom stereocenters. The van der Waals surface area contributed by atoms with Crippen molar-refractivity contribution in [3.8, 4) is 39.4 Å². The number of nitrogens with one attached hydrogen (secondary N) is 2. The van der Waals surface area contributed by atoms with Crippen LogP contribution in [0.25, 0.3) is 33.6 Å². The van der Waals surface area contributed by atoms with Gasteiger partial charge < -0.3 is 30.3 Å². The van der Waals surface area contributed by atoms with Gasteiger partial charge in [-0.15, -0.1) is 0 Å². The Morgan fingerprint density at radius 1 is 0.750 bits per heavy atom. The minimum Gasteiger partial charge on any atom is -0.505 e. The number of ether oxygens (including phenoxy) is 2. The van der Waals surface area contributed by atoms with Crippen LogP contribution in [0.3, 0.4) is 0 Å². The fourth-order valence-electron chi connectivity index (χ4n) is 6.37. The first kappa shape index (κ1) is 32.9. The molecular formula is C36H45N7O5. The molecule has 4 heterocycles. The van der Waals surface area contributed by atoms with E-state index in [0.29, 0.717) is 35.7 Å². The second-order valence-electron chi connectivity index (χ2n) is 14.5. The molecule has 0 saturated carbocycles. The third-order valence-electron chi connectivity index (χ3n) is 8.57. The summed E-state index contributed by atoms with van der Waals surface area (Å²) in [6, 6.07) is 11.1. The van der Waals surface area contributed by atoms with Gasteiger partial charge in [0.2, 0.25) is 0 Å². The number of anilines is 1. The third-order valence-corrected chi connectivity index (χ3v) is 8.57. The van der Waals surface area contributed by atoms with Gasteiger partial charge in [0, 0.05) is 42.2 Å². The Bertz CT molecular complexity index is 1800. The maximum Gasteiger partial charge on any atom is 0.410 e. The summed E-state index contributed by atoms with van der Waals surface area (Å²) in [6.45, 7) is 12.4. The lowest BCUT2D eigenvalue weighted by atomic mass is 9.98. The highest BCUT2D eigenvalue weighted by Crippen LogP contribution is 2.41. The number of phenols is 1. The molecule has 2 aromatic heterocycles. The van der Waals surface area contributed by atoms with E-state index in [4.69, 9.17) is 25.2 Å². The standard InChI is InChI=1S/C36H45N7O5/c1-35(2,3)47-33(45)42-17-7-9-27(42)31-38-19-25(40-31)22-13-11-21(12-14-22)23-15-16-24(30(44)29(23)37)26-20-39-32(41-26)28-10-8-18-43(28)34(46)48-36(4,5)6/h11-16,19-20,27-28,44H,7-10,17-18,37H2,1-6H3,(H,38,40)(H,39,41)/t27-,28-/m0/s1. The van der Waals surface area contributed by atoms with Gasteiger partial charge in [-0.1, -0.05) is 30.3 Å². The Labute approximate surface area is 280 Å². The van der Waals surface area contributed by atoms with E-state index in [-0.39, 0.29) is 35.7 Å². The number of carbonyl (C=O) groups excluding carboxylic acids is 2. The molecule has 12 nitrogen and oxygen atoms in total. The monoisotopic (exact) mass is 655 g/mol. The van der Waals surface area contributed by atoms with Gasteiger partial charge in [-0.05, 0) is 78.9 Å². The second-order valence-corrected chi connectivity index (χ2v) is 14.5. The summed E-state index contributed by atoms with van der Waals surface area (Å²) in [5, 5.41) is 11.2. The van der Waals surface area contributed by atoms with Crippen LogP contribution in [0.1, 0.15) is 91.0 Å². The van der Waals surface area contributed by atoms with Crippen LogP contribution in [-0.4, -0.2) is 71.3 Å². The van der Waals surface area contributed by atoms with Crippen molar-refractivity contribution in [1.82, 2.24) is 29.7 Å². The van der Waals surface area contributed by atoms with Crippen LogP contribution in [0.15, 0.2) is 48.8 Å². The molecule has 0 spiro atoms. The van der Waals surface area contributed by atoms with Crippen LogP contribution in [0.2, 0.25) is 0 Å². The largest absolute Gasteiger partial charge is 0.505 e. The van der Waals surface area contributed by atoms with E-state index in [1.54, 1.807) is 22.1 Å². The molecule has 12 heteroatoms. The Morgan fingerprint density at radius 2 is 1.21 bits per heavy atom. The van der Waals surface area contributed by atoms with Crippen LogP contribution < -0.4 is 5.73 Å². The molecule has 48 heavy (non-hydrogen) atoms. The van der Waals surface area contributed by atoms with Crippen molar-refractivity contribution in [3.63, 3.8) is 0 Å². The number of phenolic OH excluding ortho intramolecular Hbond substituents is 1. The zero-order chi connectivity index (χ0) is 34.4. The SMILES string of the molecule is CC(C)(C)OC(=O)N1CCC[C@H]1c1nc(-c2ccc(-c3ccc(-c4c[nH]c([C@@H]5CCCN5C(=O)OC(C)(C)C)n4)c(O)c3N)cc2)c[nH]1. The lowest BCUT2D eigenvalue weighted by molar-refractivity contribution is 0.0208. The van der Waals surface area contributed by atoms with E-state index in [9.17, 15) is 14.7 Å². The Morgan fingerprint density at radius 3 is 1.73 bits per heavy atom. The molecule has 4 aromatic rings. The fraction of sp³-hybridized carbons (Fsp3) is 0.444. The molecule has 2 fully saturated rings. The number of aromatic amines is 2. The number of nitrogens with two attached hydrogens (primary N) is 1. The Kier molecular flexibility index (Phi) is 8.61. The maximum atomic E-state index is 12.8. The first-order valence-corrected chi connectivity index (χ1v) is 16.5. The highest BCUT2D eigenvalue weighted by atomic mass is 16.6. The van der Waals surface area contributed by atoms with Crippen LogP contribution in [0.5, 0.6) is 5.75 Å². The van der Waals surface area contributed by atoms with E-state index in [1.807, 2.05) is 78.1 Å². The maximum absolute atomic E-state index is 12.8. The van der Waals surface area contributed by atoms with Crippen molar-refractivity contribution in [2.24, 2.45) is 0 Å². The molecule has 254 valence electrons. The number of aromatic hydroxyl groups is 1. The van der Waals surface area contributed by atoms with Crippen LogP contribution in [0, 0.1) is 0 Å². The normalized spacial score (nSPS) is 18.4. The zero-order valence-corrected chi connectivity index (χ0v) is 28.5. The van der Waals surface area contributed by atoms with Gasteiger partial charge in [-0.3, -0.25) is 9.80 Å². The molecular weight excluding hydrogens is 610 g/mol. The Hall–Kier alpha value is -5.00. The minimum absolute atomic E-state index is 0.0619. The zero-order valence-electron chi connectivity index (χ0n) is 28.5. The number of hydrogen-bond acceptors (Lipinski definition) is 8. The van der Waals surface area contributed by atoms with Crippen molar-refractivity contribution >= 4 is 17.9 Å². The molecule has 0 radical (unpaired) electrons. The minimum atomic E-state index is -0.589. The molecule has 2 aliphatic rings. The molecule has 2 aliphatic heterocycles. The van der Waals surface area contributed by atoms with E-state index in [1.165, 1.54) is 0 Å². The first-order chi connectivity index (χ1) is 22.7. The van der Waals surface area contributed by atoms with Crippen LogP contribution in [-0.2, 0) is 9.47 Å². The summed E-state index contributed by atoms with van der Waals surface area (Å²) in [7, 11) is 0. The van der Waals surface area contributed by atoms with Gasteiger partial charge in [-0.25, -0.2) is 19.6 Å². The van der Waals surface area contributed by atoms with E-state index in [0.717, 1.165) is 48.3 Å². The van der Waals surface area contributed by atoms with E-state index in [2.05, 4.69) is 9.97 Å². The molecule has 2 saturated heterocycles. The number of nitrogens with zero attached hydrogens (tertiary/aromatic N) is 4. The number of imidazole rings is 2. The van der Waals surface area contributed by atoms with Gasteiger partial charge in [-0.2, -0.15) is 0 Å². The van der Waals surface area contributed by atoms with E-state index >= 15 is 0 Å². The number of rotatable bonds is 5. The fourth-order valence-corrected chi connectivity index (χ4v) is 6.37. The van der Waals surface area contributed by atoms with Gasteiger partial charge in [0.05, 0.1) is 29.2 Å². The number of amides is 2. The molecule has 2 aromatic carbocycles. The number of aromatic nitrogens is 4. The Balaban J connectivity index is 1.17. The second kappa shape index (κ2) is 12.6. The lowest BCUT2D eigenvalue weighted by Crippen LogP contribution is -2.36. The molecule has 0 bridgehead atoms. The average molecular weight is 656 g/mol. The van der Waals surface area contributed by atoms with Crippen molar-refractivity contribution in [1.29, 1.82) is 0 Å². The topological polar surface area (TPSA) is 163 Å². The van der Waals surface area contributed by atoms with Gasteiger partial charge in [0.15, 0.2) is 0 Å². The van der Waals surface area contributed by atoms with Gasteiger partial charge in [0.25, 0.3) is 0 Å².